The lowest BCUT2D eigenvalue weighted by molar-refractivity contribution is -0.186. The number of rotatable bonds is 6. The normalized spacial score (nSPS) is 52.2. The molecule has 1 spiro atoms. The van der Waals surface area contributed by atoms with Crippen LogP contribution in [0.5, 0.6) is 0 Å². The molecule has 0 radical (unpaired) electrons. The molecule has 0 unspecified atom stereocenters. The van der Waals surface area contributed by atoms with Crippen LogP contribution in [0.1, 0.15) is 92.4 Å². The Kier molecular flexibility index (Phi) is 5.50. The van der Waals surface area contributed by atoms with E-state index < -0.39 is 23.4 Å². The van der Waals surface area contributed by atoms with Crippen molar-refractivity contribution >= 4 is 0 Å². The van der Waals surface area contributed by atoms with E-state index in [4.69, 9.17) is 4.74 Å². The van der Waals surface area contributed by atoms with Crippen LogP contribution in [0.25, 0.3) is 0 Å². The highest BCUT2D eigenvalue weighted by Gasteiger charge is 2.77. The lowest BCUT2D eigenvalue weighted by Crippen LogP contribution is -2.59. The lowest BCUT2D eigenvalue weighted by atomic mass is 9.45. The number of hydrogen-bond donors (Lipinski definition) is 4. The molecule has 33 heavy (non-hydrogen) atoms. The Morgan fingerprint density at radius 2 is 1.64 bits per heavy atom. The second kappa shape index (κ2) is 7.41. The van der Waals surface area contributed by atoms with Gasteiger partial charge in [-0.25, -0.2) is 0 Å². The van der Waals surface area contributed by atoms with Crippen molar-refractivity contribution in [2.75, 3.05) is 7.11 Å². The highest BCUT2D eigenvalue weighted by molar-refractivity contribution is 5.26. The van der Waals surface area contributed by atoms with Gasteiger partial charge in [-0.2, -0.15) is 0 Å². The van der Waals surface area contributed by atoms with Gasteiger partial charge in [0.25, 0.3) is 0 Å². The lowest BCUT2D eigenvalue weighted by Gasteiger charge is -2.61. The van der Waals surface area contributed by atoms with E-state index in [2.05, 4.69) is 13.8 Å². The molecule has 5 fully saturated rings. The highest BCUT2D eigenvalue weighted by Crippen LogP contribution is 2.82. The van der Waals surface area contributed by atoms with Gasteiger partial charge in [-0.3, -0.25) is 0 Å². The summed E-state index contributed by atoms with van der Waals surface area (Å²) in [4.78, 5) is 0. The summed E-state index contributed by atoms with van der Waals surface area (Å²) in [5, 5.41) is 43.3. The molecule has 0 aromatic carbocycles. The fraction of sp³-hybridized carbons (Fsp3) is 1.00. The van der Waals surface area contributed by atoms with Crippen molar-refractivity contribution in [3.8, 4) is 0 Å². The van der Waals surface area contributed by atoms with Crippen molar-refractivity contribution in [1.82, 2.24) is 0 Å². The Labute approximate surface area is 200 Å². The smallest absolute Gasteiger partial charge is 0.0911 e. The molecule has 0 aliphatic heterocycles. The van der Waals surface area contributed by atoms with Crippen LogP contribution >= 0.6 is 0 Å². The van der Waals surface area contributed by atoms with E-state index in [1.165, 1.54) is 25.7 Å². The third kappa shape index (κ3) is 3.14. The molecular weight excluding hydrogens is 416 g/mol. The molecular formula is C28H48O5. The minimum absolute atomic E-state index is 0.0121. The zero-order chi connectivity index (χ0) is 24.2. The summed E-state index contributed by atoms with van der Waals surface area (Å²) in [5.74, 6) is 2.78. The van der Waals surface area contributed by atoms with Gasteiger partial charge in [-0.15, -0.1) is 0 Å². The standard InChI is InChI=1S/C28H48O5/c1-24(2,31)21(29)14-22(30)27(5,32)20-8-7-18-17-13-23(33-6)28-15-16(28)9-12-26(28,4)19(17)10-11-25(18,20)3/h16-23,29-32H,7-15H2,1-6H3/t16-,17+,18+,19+,20+,21+,22-,23-,25+,26-,27-,28+/m1/s1. The van der Waals surface area contributed by atoms with Crippen LogP contribution in [0.15, 0.2) is 0 Å². The van der Waals surface area contributed by atoms with Crippen molar-refractivity contribution in [1.29, 1.82) is 0 Å². The Morgan fingerprint density at radius 1 is 0.939 bits per heavy atom. The first-order valence-electron chi connectivity index (χ1n) is 13.6. The van der Waals surface area contributed by atoms with Crippen LogP contribution in [0.3, 0.4) is 0 Å². The van der Waals surface area contributed by atoms with Crippen LogP contribution in [0.4, 0.5) is 0 Å². The fourth-order valence-electron chi connectivity index (χ4n) is 10.5. The SMILES string of the molecule is CO[C@@H]1C[C@H]2[C@@H]3CC[C@H]([C@@](C)(O)[C@H](O)C[C@H](O)C(C)(C)O)[C@@]3(C)CC[C@@H]2[C@@]2(C)CC[C@@H]3C[C@]312. The van der Waals surface area contributed by atoms with Crippen LogP contribution in [-0.2, 0) is 4.74 Å². The number of aliphatic hydroxyl groups excluding tert-OH is 2. The first-order chi connectivity index (χ1) is 15.2. The average Bonchev–Trinajstić information content (AvgIpc) is 3.22. The molecule has 5 rings (SSSR count). The molecule has 12 atom stereocenters. The summed E-state index contributed by atoms with van der Waals surface area (Å²) in [6, 6.07) is 0. The van der Waals surface area contributed by atoms with Crippen molar-refractivity contribution in [2.24, 2.45) is 45.8 Å². The molecule has 0 heterocycles. The van der Waals surface area contributed by atoms with Gasteiger partial charge in [0.05, 0.1) is 29.5 Å². The minimum Gasteiger partial charge on any atom is -0.390 e. The quantitative estimate of drug-likeness (QED) is 0.479. The Balaban J connectivity index is 1.39. The maximum atomic E-state index is 11.7. The zero-order valence-corrected chi connectivity index (χ0v) is 21.7. The van der Waals surface area contributed by atoms with Crippen molar-refractivity contribution in [3.63, 3.8) is 0 Å². The Bertz CT molecular complexity index is 775. The van der Waals surface area contributed by atoms with Gasteiger partial charge in [0.2, 0.25) is 0 Å². The number of hydrogen-bond acceptors (Lipinski definition) is 5. The topological polar surface area (TPSA) is 90.2 Å². The second-order valence-corrected chi connectivity index (χ2v) is 14.1. The molecule has 0 aromatic rings. The molecule has 0 amide bonds. The summed E-state index contributed by atoms with van der Waals surface area (Å²) < 4.78 is 6.21. The van der Waals surface area contributed by atoms with Gasteiger partial charge >= 0.3 is 0 Å². The van der Waals surface area contributed by atoms with Gasteiger partial charge in [-0.05, 0) is 113 Å². The molecule has 5 aliphatic rings. The zero-order valence-electron chi connectivity index (χ0n) is 21.7. The van der Waals surface area contributed by atoms with Gasteiger partial charge in [0.15, 0.2) is 0 Å². The summed E-state index contributed by atoms with van der Waals surface area (Å²) in [6.45, 7) is 9.80. The van der Waals surface area contributed by atoms with E-state index in [0.29, 0.717) is 28.8 Å². The molecule has 5 aliphatic carbocycles. The minimum atomic E-state index is -1.30. The van der Waals surface area contributed by atoms with Crippen LogP contribution < -0.4 is 0 Å². The number of ether oxygens (including phenoxy) is 1. The summed E-state index contributed by atoms with van der Waals surface area (Å²) in [7, 11) is 1.92. The number of aliphatic hydroxyl groups is 4. The van der Waals surface area contributed by atoms with E-state index in [1.54, 1.807) is 20.8 Å². The molecule has 190 valence electrons. The van der Waals surface area contributed by atoms with E-state index in [9.17, 15) is 20.4 Å². The average molecular weight is 465 g/mol. The van der Waals surface area contributed by atoms with Gasteiger partial charge < -0.3 is 25.2 Å². The third-order valence-corrected chi connectivity index (χ3v) is 12.5. The van der Waals surface area contributed by atoms with E-state index in [0.717, 1.165) is 37.5 Å². The van der Waals surface area contributed by atoms with E-state index in [1.807, 2.05) is 7.11 Å². The van der Waals surface area contributed by atoms with E-state index in [-0.39, 0.29) is 17.8 Å². The summed E-state index contributed by atoms with van der Waals surface area (Å²) >= 11 is 0. The molecule has 5 nitrogen and oxygen atoms in total. The predicted molar refractivity (Wildman–Crippen MR) is 127 cm³/mol. The number of methoxy groups -OCH3 is 1. The molecule has 4 N–H and O–H groups in total. The molecule has 0 aromatic heterocycles. The highest BCUT2D eigenvalue weighted by atomic mass is 16.5. The van der Waals surface area contributed by atoms with Gasteiger partial charge in [0.1, 0.15) is 0 Å². The van der Waals surface area contributed by atoms with Crippen molar-refractivity contribution in [2.45, 2.75) is 122 Å². The first kappa shape index (κ1) is 24.5. The molecule has 0 saturated heterocycles. The van der Waals surface area contributed by atoms with Crippen molar-refractivity contribution < 1.29 is 25.2 Å². The molecule has 0 bridgehead atoms. The molecule has 5 saturated carbocycles. The van der Waals surface area contributed by atoms with Crippen LogP contribution in [-0.4, -0.2) is 57.0 Å². The third-order valence-electron chi connectivity index (χ3n) is 12.5. The second-order valence-electron chi connectivity index (χ2n) is 14.1. The molecule has 5 heteroatoms. The van der Waals surface area contributed by atoms with Crippen LogP contribution in [0.2, 0.25) is 0 Å². The van der Waals surface area contributed by atoms with Crippen molar-refractivity contribution in [3.05, 3.63) is 0 Å². The monoisotopic (exact) mass is 464 g/mol. The van der Waals surface area contributed by atoms with Crippen LogP contribution in [0, 0.1) is 45.8 Å². The Hall–Kier alpha value is -0.200. The maximum absolute atomic E-state index is 11.7. The van der Waals surface area contributed by atoms with E-state index >= 15 is 0 Å². The van der Waals surface area contributed by atoms with Gasteiger partial charge in [0, 0.05) is 18.9 Å². The first-order valence-corrected chi connectivity index (χ1v) is 13.6. The fourth-order valence-corrected chi connectivity index (χ4v) is 10.5. The Morgan fingerprint density at radius 3 is 2.24 bits per heavy atom. The number of fused-ring (bicyclic) bond motifs is 4. The predicted octanol–water partition coefficient (Wildman–Crippen LogP) is 3.90. The maximum Gasteiger partial charge on any atom is 0.0911 e. The summed E-state index contributed by atoms with van der Waals surface area (Å²) in [5.41, 5.74) is -1.81. The largest absolute Gasteiger partial charge is 0.390 e. The summed E-state index contributed by atoms with van der Waals surface area (Å²) in [6.07, 6.45) is 7.76. The van der Waals surface area contributed by atoms with Gasteiger partial charge in [-0.1, -0.05) is 13.8 Å².